The van der Waals surface area contributed by atoms with Crippen molar-refractivity contribution in [2.45, 2.75) is 6.92 Å². The molecule has 1 N–H and O–H groups in total. The van der Waals surface area contributed by atoms with Crippen molar-refractivity contribution in [3.05, 3.63) is 65.1 Å². The molecular formula is C17H12ClN3O. The first kappa shape index (κ1) is 13.1. The number of pyridine rings is 1. The summed E-state index contributed by atoms with van der Waals surface area (Å²) in [7, 11) is 0. The third-order valence-electron chi connectivity index (χ3n) is 3.76. The third kappa shape index (κ3) is 1.92. The van der Waals surface area contributed by atoms with E-state index in [0.717, 1.165) is 27.5 Å². The fourth-order valence-corrected chi connectivity index (χ4v) is 2.96. The molecule has 2 aromatic heterocycles. The second-order valence-electron chi connectivity index (χ2n) is 5.25. The molecule has 0 fully saturated rings. The van der Waals surface area contributed by atoms with Crippen LogP contribution >= 0.6 is 11.6 Å². The summed E-state index contributed by atoms with van der Waals surface area (Å²) in [5, 5.41) is 10.9. The lowest BCUT2D eigenvalue weighted by Crippen LogP contribution is -2.18. The van der Waals surface area contributed by atoms with E-state index in [1.165, 1.54) is 6.39 Å². The molecule has 0 saturated carbocycles. The second kappa shape index (κ2) is 4.71. The van der Waals surface area contributed by atoms with Crippen LogP contribution in [0.15, 0.2) is 53.4 Å². The van der Waals surface area contributed by atoms with Gasteiger partial charge in [-0.3, -0.25) is 5.41 Å². The molecule has 108 valence electrons. The minimum atomic E-state index is 0.363. The Hall–Kier alpha value is -2.59. The zero-order valence-corrected chi connectivity index (χ0v) is 12.6. The number of hydrogen-bond acceptors (Lipinski definition) is 3. The van der Waals surface area contributed by atoms with E-state index in [-0.39, 0.29) is 0 Å². The van der Waals surface area contributed by atoms with Crippen molar-refractivity contribution in [3.8, 4) is 5.69 Å². The molecule has 2 aromatic carbocycles. The minimum Gasteiger partial charge on any atom is -0.443 e. The summed E-state index contributed by atoms with van der Waals surface area (Å²) < 4.78 is 7.11. The van der Waals surface area contributed by atoms with Crippen LogP contribution in [-0.2, 0) is 0 Å². The Morgan fingerprint density at radius 1 is 1.18 bits per heavy atom. The van der Waals surface area contributed by atoms with Crippen molar-refractivity contribution in [1.82, 2.24) is 9.55 Å². The van der Waals surface area contributed by atoms with E-state index >= 15 is 0 Å². The molecule has 5 heteroatoms. The van der Waals surface area contributed by atoms with Gasteiger partial charge >= 0.3 is 0 Å². The van der Waals surface area contributed by atoms with Crippen LogP contribution in [0.25, 0.3) is 27.6 Å². The van der Waals surface area contributed by atoms with E-state index in [4.69, 9.17) is 21.4 Å². The van der Waals surface area contributed by atoms with Gasteiger partial charge in [0, 0.05) is 11.6 Å². The summed E-state index contributed by atoms with van der Waals surface area (Å²) >= 11 is 6.33. The number of oxazole rings is 1. The quantitative estimate of drug-likeness (QED) is 0.572. The Bertz CT molecular complexity index is 1080. The van der Waals surface area contributed by atoms with Crippen molar-refractivity contribution in [1.29, 1.82) is 5.41 Å². The Morgan fingerprint density at radius 2 is 2.05 bits per heavy atom. The molecule has 0 radical (unpaired) electrons. The maximum atomic E-state index is 8.50. The predicted molar refractivity (Wildman–Crippen MR) is 86.4 cm³/mol. The third-order valence-corrected chi connectivity index (χ3v) is 4.07. The topological polar surface area (TPSA) is 54.8 Å². The van der Waals surface area contributed by atoms with Crippen molar-refractivity contribution in [2.75, 3.05) is 0 Å². The Balaban J connectivity index is 2.04. The molecule has 0 aliphatic rings. The number of hydrogen-bond donors (Lipinski definition) is 1. The first-order chi connectivity index (χ1) is 10.6. The number of halogens is 1. The SMILES string of the molecule is Cc1ccc(-n2ccc3cc4ncoc4cc3c2=N)c(Cl)c1. The first-order valence-corrected chi connectivity index (χ1v) is 7.21. The highest BCUT2D eigenvalue weighted by Crippen LogP contribution is 2.23. The van der Waals surface area contributed by atoms with Crippen LogP contribution in [0.5, 0.6) is 0 Å². The molecule has 0 unspecified atom stereocenters. The number of nitrogens with one attached hydrogen (secondary N) is 1. The fourth-order valence-electron chi connectivity index (χ4n) is 2.63. The van der Waals surface area contributed by atoms with Crippen LogP contribution in [0, 0.1) is 12.3 Å². The zero-order valence-electron chi connectivity index (χ0n) is 11.8. The smallest absolute Gasteiger partial charge is 0.181 e. The van der Waals surface area contributed by atoms with E-state index in [2.05, 4.69) is 4.98 Å². The number of aromatic nitrogens is 2. The summed E-state index contributed by atoms with van der Waals surface area (Å²) in [5.41, 5.74) is 3.70. The summed E-state index contributed by atoms with van der Waals surface area (Å²) in [6.45, 7) is 1.99. The zero-order chi connectivity index (χ0) is 15.3. The largest absolute Gasteiger partial charge is 0.443 e. The lowest BCUT2D eigenvalue weighted by Gasteiger charge is -2.11. The molecule has 22 heavy (non-hydrogen) atoms. The van der Waals surface area contributed by atoms with Crippen LogP contribution in [0.4, 0.5) is 0 Å². The van der Waals surface area contributed by atoms with E-state index in [9.17, 15) is 0 Å². The predicted octanol–water partition coefficient (Wildman–Crippen LogP) is 4.21. The van der Waals surface area contributed by atoms with Crippen molar-refractivity contribution in [3.63, 3.8) is 0 Å². The lowest BCUT2D eigenvalue weighted by atomic mass is 10.1. The van der Waals surface area contributed by atoms with Gasteiger partial charge in [0.05, 0.1) is 10.7 Å². The molecule has 0 aliphatic carbocycles. The molecule has 0 aliphatic heterocycles. The van der Waals surface area contributed by atoms with E-state index in [1.54, 1.807) is 4.57 Å². The van der Waals surface area contributed by atoms with Crippen LogP contribution in [0.2, 0.25) is 5.02 Å². The molecular weight excluding hydrogens is 298 g/mol. The molecule has 0 amide bonds. The standard InChI is InChI=1S/C17H12ClN3O/c1-10-2-3-15(13(18)6-10)21-5-4-11-7-14-16(22-9-20-14)8-12(11)17(21)19/h2-9,19H,1H3. The van der Waals surface area contributed by atoms with Gasteiger partial charge in [0.25, 0.3) is 0 Å². The number of benzene rings is 2. The van der Waals surface area contributed by atoms with E-state index in [1.807, 2.05) is 49.5 Å². The van der Waals surface area contributed by atoms with Gasteiger partial charge < -0.3 is 8.98 Å². The molecule has 4 aromatic rings. The molecule has 0 saturated heterocycles. The average molecular weight is 310 g/mol. The van der Waals surface area contributed by atoms with Gasteiger partial charge in [0.15, 0.2) is 12.0 Å². The van der Waals surface area contributed by atoms with Gasteiger partial charge in [-0.25, -0.2) is 4.98 Å². The molecule has 0 atom stereocenters. The van der Waals surface area contributed by atoms with Crippen molar-refractivity contribution >= 4 is 33.5 Å². The van der Waals surface area contributed by atoms with Crippen molar-refractivity contribution < 1.29 is 4.42 Å². The minimum absolute atomic E-state index is 0.363. The average Bonchev–Trinajstić information content (AvgIpc) is 2.94. The Kier molecular flexibility index (Phi) is 2.81. The van der Waals surface area contributed by atoms with E-state index in [0.29, 0.717) is 16.1 Å². The summed E-state index contributed by atoms with van der Waals surface area (Å²) in [6, 6.07) is 11.5. The Labute approximate surface area is 131 Å². The van der Waals surface area contributed by atoms with Crippen LogP contribution in [0.1, 0.15) is 5.56 Å². The number of nitrogens with zero attached hydrogens (tertiary/aromatic N) is 2. The van der Waals surface area contributed by atoms with Crippen LogP contribution in [0.3, 0.4) is 0 Å². The van der Waals surface area contributed by atoms with Crippen LogP contribution < -0.4 is 5.49 Å². The van der Waals surface area contributed by atoms with Gasteiger partial charge in [0.1, 0.15) is 11.0 Å². The van der Waals surface area contributed by atoms with Gasteiger partial charge in [-0.05, 0) is 48.2 Å². The molecule has 4 rings (SSSR count). The summed E-state index contributed by atoms with van der Waals surface area (Å²) in [4.78, 5) is 4.15. The van der Waals surface area contributed by atoms with Crippen molar-refractivity contribution in [2.24, 2.45) is 0 Å². The lowest BCUT2D eigenvalue weighted by molar-refractivity contribution is 0.602. The molecule has 2 heterocycles. The van der Waals surface area contributed by atoms with E-state index < -0.39 is 0 Å². The Morgan fingerprint density at radius 3 is 2.86 bits per heavy atom. The monoisotopic (exact) mass is 309 g/mol. The van der Waals surface area contributed by atoms with Gasteiger partial charge in [-0.15, -0.1) is 0 Å². The summed E-state index contributed by atoms with van der Waals surface area (Å²) in [5.74, 6) is 0. The van der Waals surface area contributed by atoms with Gasteiger partial charge in [-0.2, -0.15) is 0 Å². The molecule has 0 bridgehead atoms. The normalized spacial score (nSPS) is 11.4. The highest BCUT2D eigenvalue weighted by Gasteiger charge is 2.08. The fraction of sp³-hybridized carbons (Fsp3) is 0.0588. The highest BCUT2D eigenvalue weighted by atomic mass is 35.5. The molecule has 0 spiro atoms. The number of rotatable bonds is 1. The number of aryl methyl sites for hydroxylation is 1. The van der Waals surface area contributed by atoms with Crippen LogP contribution in [-0.4, -0.2) is 9.55 Å². The highest BCUT2D eigenvalue weighted by molar-refractivity contribution is 6.32. The van der Waals surface area contributed by atoms with Gasteiger partial charge in [-0.1, -0.05) is 17.7 Å². The first-order valence-electron chi connectivity index (χ1n) is 6.83. The van der Waals surface area contributed by atoms with Gasteiger partial charge in [0.2, 0.25) is 0 Å². The maximum absolute atomic E-state index is 8.50. The second-order valence-corrected chi connectivity index (χ2v) is 5.66. The molecule has 4 nitrogen and oxygen atoms in total. The maximum Gasteiger partial charge on any atom is 0.181 e. The number of fused-ring (bicyclic) bond motifs is 2. The summed E-state index contributed by atoms with van der Waals surface area (Å²) in [6.07, 6.45) is 3.27.